The minimum absolute atomic E-state index is 0.247. The largest absolute Gasteiger partial charge is 0.559 e. The Morgan fingerprint density at radius 2 is 0.833 bits per heavy atom. The van der Waals surface area contributed by atoms with Crippen LogP contribution in [-0.4, -0.2) is 39.4 Å². The van der Waals surface area contributed by atoms with Crippen molar-refractivity contribution >= 4 is 51.5 Å². The monoisotopic (exact) mass is 400 g/mol. The molecule has 0 aliphatic rings. The van der Waals surface area contributed by atoms with Crippen LogP contribution in [0.15, 0.2) is 48.5 Å². The molecular weight excluding hydrogens is 392 g/mol. The van der Waals surface area contributed by atoms with Crippen LogP contribution in [0.2, 0.25) is 0 Å². The molecule has 0 bridgehead atoms. The molecule has 0 saturated carbocycles. The second kappa shape index (κ2) is 7.26. The van der Waals surface area contributed by atoms with Crippen molar-refractivity contribution in [3.63, 3.8) is 0 Å². The molecular formula is C21H8N2O7. The van der Waals surface area contributed by atoms with Gasteiger partial charge in [0.2, 0.25) is 0 Å². The first-order valence-electron chi connectivity index (χ1n) is 8.34. The molecule has 4 aromatic rings. The van der Waals surface area contributed by atoms with E-state index in [1.807, 2.05) is 0 Å². The molecule has 9 nitrogen and oxygen atoms in total. The van der Waals surface area contributed by atoms with Crippen molar-refractivity contribution < 1.29 is 33.6 Å². The molecule has 0 amide bonds. The predicted octanol–water partition coefficient (Wildman–Crippen LogP) is -2.71. The number of benzene rings is 2. The van der Waals surface area contributed by atoms with E-state index in [-0.39, 0.29) is 21.4 Å². The van der Waals surface area contributed by atoms with Gasteiger partial charge in [-0.05, 0) is 0 Å². The highest BCUT2D eigenvalue weighted by Crippen LogP contribution is 2.04. The lowest BCUT2D eigenvalue weighted by molar-refractivity contribution is 0.0348. The van der Waals surface area contributed by atoms with Crippen LogP contribution in [-0.2, 0) is 19.2 Å². The van der Waals surface area contributed by atoms with Gasteiger partial charge in [-0.15, -0.1) is 9.46 Å². The van der Waals surface area contributed by atoms with Crippen LogP contribution in [0.25, 0.3) is 21.5 Å². The number of carbonyl (C=O) groups excluding carboxylic acids is 5. The molecule has 2 aromatic carbocycles. The van der Waals surface area contributed by atoms with Crippen LogP contribution >= 0.6 is 0 Å². The number of hydrogen-bond donors (Lipinski definition) is 0. The van der Waals surface area contributed by atoms with Gasteiger partial charge in [-0.2, -0.15) is 4.79 Å². The van der Waals surface area contributed by atoms with Gasteiger partial charge < -0.3 is 0 Å². The van der Waals surface area contributed by atoms with E-state index in [0.717, 1.165) is 0 Å². The van der Waals surface area contributed by atoms with Crippen molar-refractivity contribution in [1.82, 2.24) is 9.46 Å². The molecule has 9 heteroatoms. The lowest BCUT2D eigenvalue weighted by atomic mass is 10.2. The van der Waals surface area contributed by atoms with E-state index in [9.17, 15) is 24.0 Å². The van der Waals surface area contributed by atoms with Crippen LogP contribution in [0.1, 0.15) is 0 Å². The second-order valence-electron chi connectivity index (χ2n) is 5.92. The van der Waals surface area contributed by atoms with Crippen LogP contribution < -0.4 is 31.1 Å². The Morgan fingerprint density at radius 1 is 0.567 bits per heavy atom. The molecule has 0 radical (unpaired) electrons. The fourth-order valence-electron chi connectivity index (χ4n) is 3.19. The van der Waals surface area contributed by atoms with Gasteiger partial charge in [0, 0.05) is 21.5 Å². The van der Waals surface area contributed by atoms with Crippen molar-refractivity contribution in [2.75, 3.05) is 0 Å². The fourth-order valence-corrected chi connectivity index (χ4v) is 3.19. The summed E-state index contributed by atoms with van der Waals surface area (Å²) in [5, 5.41) is 0.211. The predicted molar refractivity (Wildman–Crippen MR) is 100 cm³/mol. The number of hydrogen-bond acceptors (Lipinski definition) is 7. The third-order valence-electron chi connectivity index (χ3n) is 4.41. The zero-order valence-electron chi connectivity index (χ0n) is 14.9. The molecule has 0 spiro atoms. The lowest BCUT2D eigenvalue weighted by Gasteiger charge is -2.05. The van der Waals surface area contributed by atoms with Gasteiger partial charge in [0.05, 0.1) is 0 Å². The molecule has 0 saturated heterocycles. The molecule has 0 N–H and O–H groups in total. The summed E-state index contributed by atoms with van der Waals surface area (Å²) in [5.41, 5.74) is 0. The summed E-state index contributed by atoms with van der Waals surface area (Å²) in [6.45, 7) is 0. The molecule has 30 heavy (non-hydrogen) atoms. The first kappa shape index (κ1) is 18.5. The Balaban J connectivity index is 1.86. The smallest absolute Gasteiger partial charge is 0.298 e. The maximum Gasteiger partial charge on any atom is 0.559 e. The number of rotatable bonds is 2. The van der Waals surface area contributed by atoms with E-state index in [0.29, 0.717) is 31.0 Å². The Bertz CT molecular complexity index is 1450. The van der Waals surface area contributed by atoms with E-state index in [4.69, 9.17) is 9.68 Å². The topological polar surface area (TPSA) is 114 Å². The quantitative estimate of drug-likeness (QED) is 0.359. The number of nitrogens with zero attached hydrogens (tertiary/aromatic N) is 2. The Labute approximate surface area is 165 Å². The van der Waals surface area contributed by atoms with Gasteiger partial charge >= 0.3 is 6.16 Å². The molecule has 2 aromatic heterocycles. The van der Waals surface area contributed by atoms with Crippen molar-refractivity contribution in [2.24, 2.45) is 0 Å². The highest BCUT2D eigenvalue weighted by molar-refractivity contribution is 5.89. The Kier molecular flexibility index (Phi) is 4.47. The minimum atomic E-state index is -1.45. The molecule has 2 heterocycles. The molecule has 0 unspecified atom stereocenters. The van der Waals surface area contributed by atoms with Gasteiger partial charge in [0.1, 0.15) is 0 Å². The first-order chi connectivity index (χ1) is 14.6. The van der Waals surface area contributed by atoms with Crippen molar-refractivity contribution in [1.29, 1.82) is 0 Å². The van der Waals surface area contributed by atoms with E-state index in [1.54, 1.807) is 48.0 Å². The SMILES string of the molecule is O=C=c1c2ccccc2c(=C=O)n1OC(=O)On1c(=C=O)c2ccccc2c1=C=O. The first-order valence-corrected chi connectivity index (χ1v) is 8.34. The molecule has 0 aliphatic heterocycles. The van der Waals surface area contributed by atoms with Crippen LogP contribution in [0, 0.1) is 0 Å². The fraction of sp³-hybridized carbons (Fsp3) is 0. The lowest BCUT2D eigenvalue weighted by Crippen LogP contribution is -2.44. The van der Waals surface area contributed by atoms with E-state index in [1.165, 1.54) is 24.3 Å². The normalized spacial score (nSPS) is 10.1. The average molecular weight is 400 g/mol. The van der Waals surface area contributed by atoms with Gasteiger partial charge in [0.15, 0.2) is 45.2 Å². The number of fused-ring (bicyclic) bond motifs is 2. The van der Waals surface area contributed by atoms with Crippen molar-refractivity contribution in [3.8, 4) is 0 Å². The van der Waals surface area contributed by atoms with E-state index in [2.05, 4.69) is 0 Å². The molecule has 0 fully saturated rings. The highest BCUT2D eigenvalue weighted by atomic mass is 16.9. The maximum atomic E-state index is 12.4. The van der Waals surface area contributed by atoms with Crippen LogP contribution in [0.5, 0.6) is 0 Å². The van der Waals surface area contributed by atoms with Crippen molar-refractivity contribution in [2.45, 2.75) is 0 Å². The van der Waals surface area contributed by atoms with Crippen LogP contribution in [0.4, 0.5) is 4.79 Å². The van der Waals surface area contributed by atoms with Gasteiger partial charge in [0.25, 0.3) is 0 Å². The summed E-state index contributed by atoms with van der Waals surface area (Å²) in [5.74, 6) is 6.40. The summed E-state index contributed by atoms with van der Waals surface area (Å²) < 4.78 is 1.23. The summed E-state index contributed by atoms with van der Waals surface area (Å²) in [6.07, 6.45) is -1.45. The van der Waals surface area contributed by atoms with Gasteiger partial charge in [-0.1, -0.05) is 48.5 Å². The standard InChI is InChI=1S/C21H8N2O7/c24-9-17-13-5-1-2-6-14(13)18(10-25)22(17)29-21(28)30-23-19(11-26)15-7-3-4-8-16(15)20(23)12-27/h1-8H. The van der Waals surface area contributed by atoms with Crippen molar-refractivity contribution in [3.05, 3.63) is 69.9 Å². The summed E-state index contributed by atoms with van der Waals surface area (Å²) in [6, 6.07) is 12.6. The third kappa shape index (κ3) is 2.66. The summed E-state index contributed by atoms with van der Waals surface area (Å²) in [7, 11) is 0. The molecule has 4 rings (SSSR count). The summed E-state index contributed by atoms with van der Waals surface area (Å²) >= 11 is 0. The third-order valence-corrected chi connectivity index (χ3v) is 4.41. The molecule has 0 aliphatic carbocycles. The summed E-state index contributed by atoms with van der Waals surface area (Å²) in [4.78, 5) is 68.0. The zero-order valence-corrected chi connectivity index (χ0v) is 14.9. The average Bonchev–Trinajstić information content (AvgIpc) is 3.23. The maximum absolute atomic E-state index is 12.4. The minimum Gasteiger partial charge on any atom is -0.298 e. The van der Waals surface area contributed by atoms with E-state index < -0.39 is 6.16 Å². The Hall–Kier alpha value is -4.89. The van der Waals surface area contributed by atoms with Gasteiger partial charge in [-0.3, -0.25) is 9.68 Å². The van der Waals surface area contributed by atoms with Crippen LogP contribution in [0.3, 0.4) is 0 Å². The molecule has 144 valence electrons. The zero-order chi connectivity index (χ0) is 21.3. The number of carbonyl (C=O) groups is 1. The highest BCUT2D eigenvalue weighted by Gasteiger charge is 2.18. The van der Waals surface area contributed by atoms with Gasteiger partial charge in [-0.25, -0.2) is 19.2 Å². The molecule has 0 atom stereocenters. The Morgan fingerprint density at radius 3 is 1.07 bits per heavy atom. The number of aromatic nitrogens is 2. The second-order valence-corrected chi connectivity index (χ2v) is 5.92. The van der Waals surface area contributed by atoms with E-state index >= 15 is 0 Å².